The Bertz CT molecular complexity index is 595. The van der Waals surface area contributed by atoms with Crippen LogP contribution < -0.4 is 15.8 Å². The first kappa shape index (κ1) is 13.4. The van der Waals surface area contributed by atoms with Gasteiger partial charge in [-0.05, 0) is 25.1 Å². The molecule has 5 nitrogen and oxygen atoms in total. The van der Waals surface area contributed by atoms with Crippen molar-refractivity contribution in [2.24, 2.45) is 0 Å². The molecule has 3 N–H and O–H groups in total. The highest BCUT2D eigenvalue weighted by Crippen LogP contribution is 2.21. The van der Waals surface area contributed by atoms with Gasteiger partial charge >= 0.3 is 0 Å². The summed E-state index contributed by atoms with van der Waals surface area (Å²) in [5.74, 6) is 0.277. The molecule has 0 bridgehead atoms. The number of nitrogens with two attached hydrogens (primary N) is 1. The van der Waals surface area contributed by atoms with E-state index in [1.54, 1.807) is 18.2 Å². The normalized spacial score (nSPS) is 10.2. The van der Waals surface area contributed by atoms with Crippen molar-refractivity contribution < 1.29 is 9.53 Å². The molecule has 6 heteroatoms. The number of amides is 1. The summed E-state index contributed by atoms with van der Waals surface area (Å²) in [5, 5.41) is 5.62. The topological polar surface area (TPSA) is 77.2 Å². The van der Waals surface area contributed by atoms with Gasteiger partial charge in [-0.2, -0.15) is 0 Å². The van der Waals surface area contributed by atoms with Crippen LogP contribution in [0.15, 0.2) is 23.6 Å². The number of methoxy groups -OCH3 is 1. The van der Waals surface area contributed by atoms with Crippen molar-refractivity contribution in [3.63, 3.8) is 0 Å². The number of aromatic nitrogens is 1. The van der Waals surface area contributed by atoms with Crippen LogP contribution in [0.3, 0.4) is 0 Å². The minimum Gasteiger partial charge on any atom is -0.496 e. The lowest BCUT2D eigenvalue weighted by atomic mass is 10.1. The summed E-state index contributed by atoms with van der Waals surface area (Å²) in [6.07, 6.45) is 0. The third-order valence-electron chi connectivity index (χ3n) is 2.53. The van der Waals surface area contributed by atoms with Crippen molar-refractivity contribution in [1.29, 1.82) is 0 Å². The van der Waals surface area contributed by atoms with Gasteiger partial charge in [0.15, 0.2) is 0 Å². The molecule has 0 saturated carbocycles. The number of carbonyl (C=O) groups excluding carboxylic acids is 1. The number of nitrogens with zero attached hydrogens (tertiary/aromatic N) is 1. The minimum absolute atomic E-state index is 0.225. The average molecular weight is 277 g/mol. The van der Waals surface area contributed by atoms with Crippen LogP contribution in [0.5, 0.6) is 5.75 Å². The Labute approximate surface area is 115 Å². The smallest absolute Gasteiger partial charge is 0.255 e. The first-order valence-electron chi connectivity index (χ1n) is 5.73. The van der Waals surface area contributed by atoms with Gasteiger partial charge < -0.3 is 15.8 Å². The summed E-state index contributed by atoms with van der Waals surface area (Å²) < 4.78 is 5.15. The second-order valence-corrected chi connectivity index (χ2v) is 4.97. The van der Waals surface area contributed by atoms with E-state index in [1.165, 1.54) is 18.4 Å². The highest BCUT2D eigenvalue weighted by atomic mass is 32.1. The fourth-order valence-electron chi connectivity index (χ4n) is 1.64. The number of benzene rings is 1. The van der Waals surface area contributed by atoms with E-state index in [0.717, 1.165) is 10.7 Å². The zero-order valence-electron chi connectivity index (χ0n) is 10.8. The molecule has 0 spiro atoms. The van der Waals surface area contributed by atoms with Crippen molar-refractivity contribution in [2.45, 2.75) is 13.5 Å². The van der Waals surface area contributed by atoms with Crippen molar-refractivity contribution >= 4 is 22.9 Å². The number of anilines is 1. The predicted octanol–water partition coefficient (Wildman–Crippen LogP) is 1.97. The summed E-state index contributed by atoms with van der Waals surface area (Å²) in [4.78, 5) is 16.4. The monoisotopic (exact) mass is 277 g/mol. The molecule has 0 radical (unpaired) electrons. The van der Waals surface area contributed by atoms with Crippen LogP contribution in [0.4, 0.5) is 5.69 Å². The van der Waals surface area contributed by atoms with Gasteiger partial charge in [0, 0.05) is 16.8 Å². The maximum atomic E-state index is 12.1. The zero-order valence-corrected chi connectivity index (χ0v) is 11.6. The van der Waals surface area contributed by atoms with Gasteiger partial charge in [-0.25, -0.2) is 4.98 Å². The summed E-state index contributed by atoms with van der Waals surface area (Å²) in [6, 6.07) is 4.97. The molecule has 0 atom stereocenters. The molecule has 1 aromatic heterocycles. The van der Waals surface area contributed by atoms with Crippen LogP contribution in [-0.4, -0.2) is 18.0 Å². The summed E-state index contributed by atoms with van der Waals surface area (Å²) in [5.41, 5.74) is 7.59. The fraction of sp³-hybridized carbons (Fsp3) is 0.231. The quantitative estimate of drug-likeness (QED) is 0.838. The predicted molar refractivity (Wildman–Crippen MR) is 75.4 cm³/mol. The first-order chi connectivity index (χ1) is 9.10. The van der Waals surface area contributed by atoms with Crippen molar-refractivity contribution in [3.05, 3.63) is 39.8 Å². The molecule has 0 aliphatic heterocycles. The molecule has 0 aliphatic rings. The Balaban J connectivity index is 2.09. The molecule has 1 amide bonds. The lowest BCUT2D eigenvalue weighted by Gasteiger charge is -2.09. The molecule has 0 saturated heterocycles. The Kier molecular flexibility index (Phi) is 4.01. The Morgan fingerprint density at radius 1 is 1.53 bits per heavy atom. The zero-order chi connectivity index (χ0) is 13.8. The van der Waals surface area contributed by atoms with Gasteiger partial charge in [0.1, 0.15) is 10.8 Å². The largest absolute Gasteiger partial charge is 0.496 e. The standard InChI is InChI=1S/C13H15N3O2S/c1-8-7-19-12(16-8)6-15-13(17)10-5-9(14)3-4-11(10)18-2/h3-5,7H,6,14H2,1-2H3,(H,15,17). The molecule has 1 aromatic carbocycles. The van der Waals surface area contributed by atoms with Crippen LogP contribution in [-0.2, 0) is 6.54 Å². The number of aryl methyl sites for hydroxylation is 1. The molecule has 0 aliphatic carbocycles. The van der Waals surface area contributed by atoms with Crippen LogP contribution in [0.25, 0.3) is 0 Å². The van der Waals surface area contributed by atoms with E-state index in [4.69, 9.17) is 10.5 Å². The van der Waals surface area contributed by atoms with Crippen molar-refractivity contribution in [3.8, 4) is 5.75 Å². The van der Waals surface area contributed by atoms with Gasteiger partial charge in [0.25, 0.3) is 5.91 Å². The van der Waals surface area contributed by atoms with Crippen LogP contribution in [0.1, 0.15) is 21.1 Å². The molecular weight excluding hydrogens is 262 g/mol. The number of ether oxygens (including phenoxy) is 1. The molecular formula is C13H15N3O2S. The van der Waals surface area contributed by atoms with Crippen molar-refractivity contribution in [1.82, 2.24) is 10.3 Å². The third-order valence-corrected chi connectivity index (χ3v) is 3.50. The molecule has 19 heavy (non-hydrogen) atoms. The van der Waals surface area contributed by atoms with Gasteiger partial charge in [-0.1, -0.05) is 0 Å². The Morgan fingerprint density at radius 2 is 2.32 bits per heavy atom. The van der Waals surface area contributed by atoms with Gasteiger partial charge in [0.2, 0.25) is 0 Å². The summed E-state index contributed by atoms with van der Waals surface area (Å²) in [6.45, 7) is 2.32. The number of nitrogen functional groups attached to an aromatic ring is 1. The fourth-order valence-corrected chi connectivity index (χ4v) is 2.35. The number of carbonyl (C=O) groups is 1. The van der Waals surface area contributed by atoms with E-state index < -0.39 is 0 Å². The number of hydrogen-bond donors (Lipinski definition) is 2. The maximum Gasteiger partial charge on any atom is 0.255 e. The maximum absolute atomic E-state index is 12.1. The van der Waals surface area contributed by atoms with E-state index in [1.807, 2.05) is 12.3 Å². The van der Waals surface area contributed by atoms with Gasteiger partial charge in [0.05, 0.1) is 19.2 Å². The first-order valence-corrected chi connectivity index (χ1v) is 6.61. The van der Waals surface area contributed by atoms with Crippen molar-refractivity contribution in [2.75, 3.05) is 12.8 Å². The minimum atomic E-state index is -0.225. The molecule has 0 fully saturated rings. The number of thiazole rings is 1. The molecule has 100 valence electrons. The number of hydrogen-bond acceptors (Lipinski definition) is 5. The van der Waals surface area contributed by atoms with E-state index in [-0.39, 0.29) is 5.91 Å². The summed E-state index contributed by atoms with van der Waals surface area (Å²) >= 11 is 1.52. The van der Waals surface area contributed by atoms with Crippen LogP contribution in [0, 0.1) is 6.92 Å². The second kappa shape index (κ2) is 5.71. The van der Waals surface area contributed by atoms with E-state index in [2.05, 4.69) is 10.3 Å². The van der Waals surface area contributed by atoms with E-state index >= 15 is 0 Å². The van der Waals surface area contributed by atoms with E-state index in [0.29, 0.717) is 23.5 Å². The molecule has 0 unspecified atom stereocenters. The Hall–Kier alpha value is -2.08. The highest BCUT2D eigenvalue weighted by Gasteiger charge is 2.12. The SMILES string of the molecule is COc1ccc(N)cc1C(=O)NCc1nc(C)cs1. The van der Waals surface area contributed by atoms with Gasteiger partial charge in [-0.15, -0.1) is 11.3 Å². The van der Waals surface area contributed by atoms with Crippen LogP contribution in [0.2, 0.25) is 0 Å². The lowest BCUT2D eigenvalue weighted by Crippen LogP contribution is -2.23. The van der Waals surface area contributed by atoms with E-state index in [9.17, 15) is 4.79 Å². The molecule has 1 heterocycles. The molecule has 2 aromatic rings. The van der Waals surface area contributed by atoms with Crippen LogP contribution >= 0.6 is 11.3 Å². The molecule has 2 rings (SSSR count). The second-order valence-electron chi connectivity index (χ2n) is 4.03. The highest BCUT2D eigenvalue weighted by molar-refractivity contribution is 7.09. The Morgan fingerprint density at radius 3 is 2.95 bits per heavy atom. The third kappa shape index (κ3) is 3.23. The average Bonchev–Trinajstić information content (AvgIpc) is 2.81. The number of nitrogens with one attached hydrogen (secondary N) is 1. The summed E-state index contributed by atoms with van der Waals surface area (Å²) in [7, 11) is 1.52. The lowest BCUT2D eigenvalue weighted by molar-refractivity contribution is 0.0948. The number of rotatable bonds is 4. The van der Waals surface area contributed by atoms with Gasteiger partial charge in [-0.3, -0.25) is 4.79 Å².